The lowest BCUT2D eigenvalue weighted by molar-refractivity contribution is -0.140. The molecule has 0 aromatic heterocycles. The second kappa shape index (κ2) is 13.4. The number of nitrogens with one attached hydrogen (secondary N) is 1. The highest BCUT2D eigenvalue weighted by atomic mass is 35.5. The fourth-order valence-corrected chi connectivity index (χ4v) is 5.64. The van der Waals surface area contributed by atoms with E-state index < -0.39 is 45.8 Å². The van der Waals surface area contributed by atoms with Crippen LogP contribution in [0.4, 0.5) is 10.1 Å². The number of nitrogens with zero attached hydrogens (tertiary/aromatic N) is 2. The summed E-state index contributed by atoms with van der Waals surface area (Å²) in [4.78, 5) is 28.3. The van der Waals surface area contributed by atoms with Gasteiger partial charge in [0, 0.05) is 23.2 Å². The Morgan fingerprint density at radius 3 is 2.10 bits per heavy atom. The molecule has 0 aliphatic heterocycles. The zero-order valence-corrected chi connectivity index (χ0v) is 25.9. The Kier molecular flexibility index (Phi) is 10.5. The Morgan fingerprint density at radius 2 is 1.55 bits per heavy atom. The van der Waals surface area contributed by atoms with Gasteiger partial charge in [0.05, 0.1) is 24.8 Å². The summed E-state index contributed by atoms with van der Waals surface area (Å²) in [5.74, 6) is -1.17. The van der Waals surface area contributed by atoms with Crippen molar-refractivity contribution >= 4 is 39.1 Å². The third-order valence-corrected chi connectivity index (χ3v) is 8.29. The second-order valence-electron chi connectivity index (χ2n) is 10.6. The maximum absolute atomic E-state index is 14.0. The number of methoxy groups -OCH3 is 2. The smallest absolute Gasteiger partial charge is 0.264 e. The normalized spacial score (nSPS) is 12.3. The number of ether oxygens (including phenoxy) is 2. The van der Waals surface area contributed by atoms with Crippen molar-refractivity contribution in [2.45, 2.75) is 50.7 Å². The van der Waals surface area contributed by atoms with Gasteiger partial charge in [-0.2, -0.15) is 0 Å². The summed E-state index contributed by atoms with van der Waals surface area (Å²) >= 11 is 6.03. The molecule has 42 heavy (non-hydrogen) atoms. The molecule has 12 heteroatoms. The zero-order valence-electron chi connectivity index (χ0n) is 24.4. The summed E-state index contributed by atoms with van der Waals surface area (Å²) in [6.45, 7) is 6.34. The first-order valence-corrected chi connectivity index (χ1v) is 14.8. The second-order valence-corrected chi connectivity index (χ2v) is 12.9. The molecule has 1 unspecified atom stereocenters. The third-order valence-electron chi connectivity index (χ3n) is 6.27. The van der Waals surface area contributed by atoms with Crippen LogP contribution < -0.4 is 19.1 Å². The molecule has 0 saturated heterocycles. The van der Waals surface area contributed by atoms with Gasteiger partial charge in [-0.3, -0.25) is 13.9 Å². The van der Waals surface area contributed by atoms with Crippen LogP contribution >= 0.6 is 11.6 Å². The predicted molar refractivity (Wildman–Crippen MR) is 160 cm³/mol. The standard InChI is InChI=1S/C30H35ClFN3O6S/c1-20(29(37)33-30(2,3)4)34(18-21-7-9-22(31)10-8-21)28(36)19-35(24-13-11-23(32)12-14-24)42(38,39)25-15-16-26(40-5)27(17-25)41-6/h7-17,20H,18-19H2,1-6H3,(H,33,37). The average molecular weight is 620 g/mol. The number of rotatable bonds is 11. The van der Waals surface area contributed by atoms with Crippen LogP contribution in [0, 0.1) is 5.82 Å². The molecule has 0 aliphatic rings. The fourth-order valence-electron chi connectivity index (χ4n) is 4.08. The van der Waals surface area contributed by atoms with E-state index in [9.17, 15) is 22.4 Å². The summed E-state index contributed by atoms with van der Waals surface area (Å²) in [6, 6.07) is 14.5. The maximum Gasteiger partial charge on any atom is 0.264 e. The fraction of sp³-hybridized carbons (Fsp3) is 0.333. The van der Waals surface area contributed by atoms with Crippen LogP contribution in [0.1, 0.15) is 33.3 Å². The summed E-state index contributed by atoms with van der Waals surface area (Å²) in [5.41, 5.74) is 0.161. The highest BCUT2D eigenvalue weighted by molar-refractivity contribution is 7.92. The molecule has 9 nitrogen and oxygen atoms in total. The largest absolute Gasteiger partial charge is 0.493 e. The molecule has 0 heterocycles. The van der Waals surface area contributed by atoms with Gasteiger partial charge in [-0.25, -0.2) is 12.8 Å². The molecule has 3 aromatic rings. The number of halogens is 2. The van der Waals surface area contributed by atoms with Crippen LogP contribution in [0.25, 0.3) is 0 Å². The van der Waals surface area contributed by atoms with Gasteiger partial charge in [0.2, 0.25) is 11.8 Å². The van der Waals surface area contributed by atoms with Crippen molar-refractivity contribution in [2.75, 3.05) is 25.1 Å². The Balaban J connectivity index is 2.07. The lowest BCUT2D eigenvalue weighted by atomic mass is 10.1. The Bertz CT molecular complexity index is 1510. The molecule has 0 bridgehead atoms. The first-order valence-electron chi connectivity index (χ1n) is 13.0. The highest BCUT2D eigenvalue weighted by Crippen LogP contribution is 2.32. The number of hydrogen-bond acceptors (Lipinski definition) is 6. The van der Waals surface area contributed by atoms with Crippen LogP contribution in [0.5, 0.6) is 11.5 Å². The third kappa shape index (κ3) is 8.13. The van der Waals surface area contributed by atoms with E-state index in [0.717, 1.165) is 16.4 Å². The lowest BCUT2D eigenvalue weighted by Crippen LogP contribution is -2.54. The van der Waals surface area contributed by atoms with Gasteiger partial charge in [-0.15, -0.1) is 0 Å². The van der Waals surface area contributed by atoms with Gasteiger partial charge >= 0.3 is 0 Å². The van der Waals surface area contributed by atoms with Crippen molar-refractivity contribution in [3.05, 3.63) is 83.1 Å². The zero-order chi connectivity index (χ0) is 31.2. The Hall–Kier alpha value is -3.83. The lowest BCUT2D eigenvalue weighted by Gasteiger charge is -2.33. The molecule has 0 radical (unpaired) electrons. The van der Waals surface area contributed by atoms with Crippen molar-refractivity contribution < 1.29 is 31.9 Å². The topological polar surface area (TPSA) is 105 Å². The van der Waals surface area contributed by atoms with Crippen LogP contribution in [0.2, 0.25) is 5.02 Å². The maximum atomic E-state index is 14.0. The SMILES string of the molecule is COc1ccc(S(=O)(=O)N(CC(=O)N(Cc2ccc(Cl)cc2)C(C)C(=O)NC(C)(C)C)c2ccc(F)cc2)cc1OC. The highest BCUT2D eigenvalue weighted by Gasteiger charge is 2.34. The number of benzene rings is 3. The van der Waals surface area contributed by atoms with Crippen LogP contribution in [-0.2, 0) is 26.2 Å². The number of hydrogen-bond donors (Lipinski definition) is 1. The number of amides is 2. The molecule has 3 aromatic carbocycles. The quantitative estimate of drug-likeness (QED) is 0.323. The Labute approximate surface area is 251 Å². The van der Waals surface area contributed by atoms with E-state index in [4.69, 9.17) is 21.1 Å². The first-order chi connectivity index (χ1) is 19.7. The summed E-state index contributed by atoms with van der Waals surface area (Å²) in [6.07, 6.45) is 0. The molecule has 1 atom stereocenters. The van der Waals surface area contributed by atoms with E-state index in [1.54, 1.807) is 31.2 Å². The number of carbonyl (C=O) groups is 2. The molecule has 2 amide bonds. The van der Waals surface area contributed by atoms with Crippen molar-refractivity contribution in [1.29, 1.82) is 0 Å². The minimum Gasteiger partial charge on any atom is -0.493 e. The van der Waals surface area contributed by atoms with E-state index in [2.05, 4.69) is 5.32 Å². The molecule has 1 N–H and O–H groups in total. The van der Waals surface area contributed by atoms with Crippen molar-refractivity contribution in [3.8, 4) is 11.5 Å². The minimum atomic E-state index is -4.40. The number of carbonyl (C=O) groups excluding carboxylic acids is 2. The molecule has 3 rings (SSSR count). The number of sulfonamides is 1. The number of anilines is 1. The minimum absolute atomic E-state index is 0.00238. The van der Waals surface area contributed by atoms with Crippen molar-refractivity contribution in [1.82, 2.24) is 10.2 Å². The summed E-state index contributed by atoms with van der Waals surface area (Å²) in [5, 5.41) is 3.37. The molecule has 226 valence electrons. The van der Waals surface area contributed by atoms with Gasteiger partial charge in [-0.1, -0.05) is 23.7 Å². The van der Waals surface area contributed by atoms with E-state index in [1.165, 1.54) is 49.5 Å². The first kappa shape index (κ1) is 32.7. The monoisotopic (exact) mass is 619 g/mol. The summed E-state index contributed by atoms with van der Waals surface area (Å²) < 4.78 is 53.2. The van der Waals surface area contributed by atoms with E-state index >= 15 is 0 Å². The van der Waals surface area contributed by atoms with Gasteiger partial charge < -0.3 is 19.7 Å². The summed E-state index contributed by atoms with van der Waals surface area (Å²) in [7, 11) is -1.61. The average Bonchev–Trinajstić information content (AvgIpc) is 2.94. The van der Waals surface area contributed by atoms with Crippen LogP contribution in [0.15, 0.2) is 71.6 Å². The van der Waals surface area contributed by atoms with Gasteiger partial charge in [0.1, 0.15) is 18.4 Å². The predicted octanol–water partition coefficient (Wildman–Crippen LogP) is 5.02. The van der Waals surface area contributed by atoms with Crippen LogP contribution in [0.3, 0.4) is 0 Å². The van der Waals surface area contributed by atoms with Crippen molar-refractivity contribution in [2.24, 2.45) is 0 Å². The molecular weight excluding hydrogens is 585 g/mol. The van der Waals surface area contributed by atoms with E-state index in [1.807, 2.05) is 20.8 Å². The Morgan fingerprint density at radius 1 is 0.952 bits per heavy atom. The molecule has 0 saturated carbocycles. The van der Waals surface area contributed by atoms with Gasteiger partial charge in [-0.05, 0) is 81.8 Å². The van der Waals surface area contributed by atoms with Gasteiger partial charge in [0.15, 0.2) is 11.5 Å². The van der Waals surface area contributed by atoms with Gasteiger partial charge in [0.25, 0.3) is 10.0 Å². The molecule has 0 spiro atoms. The molecule has 0 aliphatic carbocycles. The molecular formula is C30H35ClFN3O6S. The van der Waals surface area contributed by atoms with E-state index in [0.29, 0.717) is 16.3 Å². The molecule has 0 fully saturated rings. The van der Waals surface area contributed by atoms with Crippen molar-refractivity contribution in [3.63, 3.8) is 0 Å². The van der Waals surface area contributed by atoms with E-state index in [-0.39, 0.29) is 22.9 Å². The van der Waals surface area contributed by atoms with Crippen LogP contribution in [-0.4, -0.2) is 57.5 Å².